The first kappa shape index (κ1) is 68.6. The van der Waals surface area contributed by atoms with Gasteiger partial charge in [0.2, 0.25) is 0 Å². The van der Waals surface area contributed by atoms with Crippen LogP contribution in [0.3, 0.4) is 0 Å². The number of unbranched alkanes of at least 4 members (excludes halogenated alkanes) is 30. The van der Waals surface area contributed by atoms with Gasteiger partial charge in [-0.05, 0) is 89.9 Å². The molecule has 1 unspecified atom stereocenters. The van der Waals surface area contributed by atoms with Gasteiger partial charge in [-0.2, -0.15) is 0 Å². The molecule has 0 bridgehead atoms. The van der Waals surface area contributed by atoms with Crippen molar-refractivity contribution in [2.75, 3.05) is 13.2 Å². The van der Waals surface area contributed by atoms with Gasteiger partial charge < -0.3 is 14.2 Å². The zero-order valence-electron chi connectivity index (χ0n) is 47.4. The van der Waals surface area contributed by atoms with Gasteiger partial charge in [0.15, 0.2) is 6.10 Å². The van der Waals surface area contributed by atoms with Gasteiger partial charge in [-0.15, -0.1) is 0 Å². The molecule has 0 aromatic heterocycles. The third-order valence-electron chi connectivity index (χ3n) is 13.1. The Labute approximate surface area is 445 Å². The molecule has 0 rings (SSSR count). The molecule has 0 aliphatic heterocycles. The van der Waals surface area contributed by atoms with Crippen molar-refractivity contribution in [2.24, 2.45) is 0 Å². The van der Waals surface area contributed by atoms with Crippen LogP contribution in [-0.4, -0.2) is 37.2 Å². The zero-order valence-corrected chi connectivity index (χ0v) is 47.4. The molecule has 0 amide bonds. The van der Waals surface area contributed by atoms with Gasteiger partial charge in [0.25, 0.3) is 0 Å². The van der Waals surface area contributed by atoms with Crippen LogP contribution < -0.4 is 0 Å². The monoisotopic (exact) mass is 1000 g/mol. The summed E-state index contributed by atoms with van der Waals surface area (Å²) in [4.78, 5) is 38.1. The van der Waals surface area contributed by atoms with E-state index in [-0.39, 0.29) is 37.5 Å². The lowest BCUT2D eigenvalue weighted by molar-refractivity contribution is -0.167. The first-order valence-electron chi connectivity index (χ1n) is 30.6. The topological polar surface area (TPSA) is 78.9 Å². The van der Waals surface area contributed by atoms with Crippen molar-refractivity contribution in [1.29, 1.82) is 0 Å². The van der Waals surface area contributed by atoms with Crippen LogP contribution in [0.1, 0.15) is 297 Å². The predicted molar refractivity (Wildman–Crippen MR) is 311 cm³/mol. The number of ether oxygens (including phenoxy) is 3. The Hall–Kier alpha value is -3.41. The minimum Gasteiger partial charge on any atom is -0.462 e. The van der Waals surface area contributed by atoms with Gasteiger partial charge in [0, 0.05) is 19.3 Å². The van der Waals surface area contributed by atoms with Crippen LogP contribution in [0.2, 0.25) is 0 Å². The largest absolute Gasteiger partial charge is 0.462 e. The summed E-state index contributed by atoms with van der Waals surface area (Å²) in [5, 5.41) is 0. The van der Waals surface area contributed by atoms with E-state index in [1.807, 2.05) is 0 Å². The molecule has 0 aliphatic carbocycles. The Bertz CT molecular complexity index is 1380. The Morgan fingerprint density at radius 3 is 0.889 bits per heavy atom. The van der Waals surface area contributed by atoms with Crippen molar-refractivity contribution in [3.63, 3.8) is 0 Å². The van der Waals surface area contributed by atoms with E-state index in [1.54, 1.807) is 0 Å². The van der Waals surface area contributed by atoms with Crippen molar-refractivity contribution in [3.8, 4) is 0 Å². The molecule has 0 fully saturated rings. The molecular formula is C66H114O6. The minimum absolute atomic E-state index is 0.0965. The highest BCUT2D eigenvalue weighted by molar-refractivity contribution is 5.71. The van der Waals surface area contributed by atoms with Crippen LogP contribution in [0.4, 0.5) is 0 Å². The molecule has 0 heterocycles. The highest BCUT2D eigenvalue weighted by Gasteiger charge is 2.19. The average molecular weight is 1000 g/mol. The minimum atomic E-state index is -0.804. The van der Waals surface area contributed by atoms with Gasteiger partial charge in [0.1, 0.15) is 13.2 Å². The summed E-state index contributed by atoms with van der Waals surface area (Å²) in [5.41, 5.74) is 0. The highest BCUT2D eigenvalue weighted by atomic mass is 16.6. The van der Waals surface area contributed by atoms with Crippen LogP contribution in [0.5, 0.6) is 0 Å². The maximum atomic E-state index is 12.8. The number of carbonyl (C=O) groups excluding carboxylic acids is 3. The summed E-state index contributed by atoms with van der Waals surface area (Å²) >= 11 is 0. The molecule has 0 aromatic rings. The van der Waals surface area contributed by atoms with Gasteiger partial charge in [-0.1, -0.05) is 273 Å². The zero-order chi connectivity index (χ0) is 52.2. The molecular weight excluding hydrogens is 889 g/mol. The van der Waals surface area contributed by atoms with Crippen molar-refractivity contribution in [3.05, 3.63) is 85.1 Å². The maximum absolute atomic E-state index is 12.8. The normalized spacial score (nSPS) is 12.7. The van der Waals surface area contributed by atoms with Crippen LogP contribution in [-0.2, 0) is 28.6 Å². The standard InChI is InChI=1S/C66H114O6/c1-4-7-10-13-16-19-22-24-26-28-29-30-31-32-33-34-35-36-37-39-40-42-44-47-50-53-56-59-65(68)71-62-63(61-70-64(67)58-55-52-49-46-21-18-15-12-9-6-3)72-66(69)60-57-54-51-48-45-43-41-38-27-25-23-20-17-14-11-8-5-2/h8,11,17,20,22,24-25,27-29,41,43,48,51,63H,4-7,9-10,12-16,18-19,21,23,26,30-40,42,44-47,49-50,52-62H2,1-3H3/b11-8-,20-17-,24-22-,27-25-,29-28-,43-41-,51-48-. The molecule has 0 spiro atoms. The first-order chi connectivity index (χ1) is 35.5. The molecule has 0 aliphatic rings. The van der Waals surface area contributed by atoms with Gasteiger partial charge in [-0.25, -0.2) is 0 Å². The molecule has 0 N–H and O–H groups in total. The fourth-order valence-corrected chi connectivity index (χ4v) is 8.57. The second kappa shape index (κ2) is 60.1. The Kier molecular flexibility index (Phi) is 57.3. The summed E-state index contributed by atoms with van der Waals surface area (Å²) in [6.45, 7) is 6.48. The van der Waals surface area contributed by atoms with Crippen molar-refractivity contribution in [1.82, 2.24) is 0 Å². The van der Waals surface area contributed by atoms with Gasteiger partial charge >= 0.3 is 17.9 Å². The third-order valence-corrected chi connectivity index (χ3v) is 13.1. The quantitative estimate of drug-likeness (QED) is 0.0261. The number of rotatable bonds is 55. The lowest BCUT2D eigenvalue weighted by Gasteiger charge is -2.18. The molecule has 0 saturated heterocycles. The van der Waals surface area contributed by atoms with E-state index in [9.17, 15) is 14.4 Å². The fraction of sp³-hybridized carbons (Fsp3) is 0.742. The maximum Gasteiger partial charge on any atom is 0.306 e. The summed E-state index contributed by atoms with van der Waals surface area (Å²) in [7, 11) is 0. The number of hydrogen-bond acceptors (Lipinski definition) is 6. The number of hydrogen-bond donors (Lipinski definition) is 0. The molecule has 414 valence electrons. The van der Waals surface area contributed by atoms with E-state index in [4.69, 9.17) is 14.2 Å². The third kappa shape index (κ3) is 57.5. The second-order valence-corrected chi connectivity index (χ2v) is 20.2. The molecule has 0 saturated carbocycles. The summed E-state index contributed by atoms with van der Waals surface area (Å²) in [6.07, 6.45) is 78.9. The second-order valence-electron chi connectivity index (χ2n) is 20.2. The molecule has 6 nitrogen and oxygen atoms in total. The first-order valence-corrected chi connectivity index (χ1v) is 30.6. The van der Waals surface area contributed by atoms with E-state index in [0.717, 1.165) is 83.5 Å². The van der Waals surface area contributed by atoms with Crippen LogP contribution in [0, 0.1) is 0 Å². The Balaban J connectivity index is 4.25. The van der Waals surface area contributed by atoms with E-state index >= 15 is 0 Å². The summed E-state index contributed by atoms with van der Waals surface area (Å²) < 4.78 is 16.8. The molecule has 1 atom stereocenters. The van der Waals surface area contributed by atoms with Crippen LogP contribution in [0.15, 0.2) is 85.1 Å². The number of allylic oxidation sites excluding steroid dienone is 14. The van der Waals surface area contributed by atoms with E-state index in [1.165, 1.54) is 167 Å². The Morgan fingerprint density at radius 1 is 0.292 bits per heavy atom. The Morgan fingerprint density at radius 2 is 0.556 bits per heavy atom. The lowest BCUT2D eigenvalue weighted by atomic mass is 10.0. The summed E-state index contributed by atoms with van der Waals surface area (Å²) in [6, 6.07) is 0. The molecule has 72 heavy (non-hydrogen) atoms. The van der Waals surface area contributed by atoms with E-state index in [2.05, 4.69) is 106 Å². The summed E-state index contributed by atoms with van der Waals surface area (Å²) in [5.74, 6) is -0.949. The van der Waals surface area contributed by atoms with Crippen molar-refractivity contribution < 1.29 is 28.6 Å². The van der Waals surface area contributed by atoms with Crippen molar-refractivity contribution >= 4 is 17.9 Å². The van der Waals surface area contributed by atoms with E-state index in [0.29, 0.717) is 19.3 Å². The highest BCUT2D eigenvalue weighted by Crippen LogP contribution is 2.16. The molecule has 0 aromatic carbocycles. The van der Waals surface area contributed by atoms with Crippen LogP contribution in [0.25, 0.3) is 0 Å². The number of esters is 3. The average Bonchev–Trinajstić information content (AvgIpc) is 3.38. The molecule has 0 radical (unpaired) electrons. The van der Waals surface area contributed by atoms with E-state index < -0.39 is 6.10 Å². The molecule has 6 heteroatoms. The SMILES string of the molecule is CC/C=C\C/C=C\C/C=C\C/C=C\C/C=C\CCCC(=O)OC(COC(=O)CCCCCCCCCCCC)COC(=O)CCCCCCCCCCCCCCCCC/C=C\C/C=C\CCCCCCC. The predicted octanol–water partition coefficient (Wildman–Crippen LogP) is 20.7. The van der Waals surface area contributed by atoms with Gasteiger partial charge in [0.05, 0.1) is 0 Å². The number of carbonyl (C=O) groups is 3. The lowest BCUT2D eigenvalue weighted by Crippen LogP contribution is -2.30. The smallest absolute Gasteiger partial charge is 0.306 e. The van der Waals surface area contributed by atoms with Gasteiger partial charge in [-0.3, -0.25) is 14.4 Å². The van der Waals surface area contributed by atoms with Crippen molar-refractivity contribution in [2.45, 2.75) is 303 Å². The fourth-order valence-electron chi connectivity index (χ4n) is 8.57. The van der Waals surface area contributed by atoms with Crippen LogP contribution >= 0.6 is 0 Å².